The molecular formula is C24H23F3. The van der Waals surface area contributed by atoms with Crippen LogP contribution in [0.4, 0.5) is 13.2 Å². The van der Waals surface area contributed by atoms with Gasteiger partial charge >= 0.3 is 0 Å². The lowest BCUT2D eigenvalue weighted by atomic mass is 9.99. The molecule has 0 atom stereocenters. The molecular weight excluding hydrogens is 345 g/mol. The minimum atomic E-state index is -0.829. The first kappa shape index (κ1) is 19.2. The highest BCUT2D eigenvalue weighted by molar-refractivity contribution is 5.30. The SMILES string of the molecule is Cc1ccc(CCc2ccc(CCc3ccc(C)c(F)c3F)c(F)c2)cc1. The van der Waals surface area contributed by atoms with Crippen molar-refractivity contribution in [3.8, 4) is 0 Å². The van der Waals surface area contributed by atoms with Gasteiger partial charge in [0.1, 0.15) is 5.82 Å². The zero-order valence-corrected chi connectivity index (χ0v) is 15.7. The minimum absolute atomic E-state index is 0.267. The van der Waals surface area contributed by atoms with E-state index in [2.05, 4.69) is 31.2 Å². The second-order valence-corrected chi connectivity index (χ2v) is 7.08. The lowest BCUT2D eigenvalue weighted by Crippen LogP contribution is -2.01. The molecule has 3 rings (SSSR count). The number of hydrogen-bond acceptors (Lipinski definition) is 0. The smallest absolute Gasteiger partial charge is 0.162 e. The minimum Gasteiger partial charge on any atom is -0.207 e. The van der Waals surface area contributed by atoms with E-state index in [4.69, 9.17) is 0 Å². The third kappa shape index (κ3) is 4.79. The second-order valence-electron chi connectivity index (χ2n) is 7.08. The summed E-state index contributed by atoms with van der Waals surface area (Å²) in [4.78, 5) is 0. The van der Waals surface area contributed by atoms with Gasteiger partial charge in [-0.1, -0.05) is 54.1 Å². The quantitative estimate of drug-likeness (QED) is 0.479. The average Bonchev–Trinajstić information content (AvgIpc) is 2.66. The first-order chi connectivity index (χ1) is 12.9. The van der Waals surface area contributed by atoms with Crippen LogP contribution in [0.15, 0.2) is 54.6 Å². The molecule has 0 aliphatic heterocycles. The highest BCUT2D eigenvalue weighted by Gasteiger charge is 2.12. The van der Waals surface area contributed by atoms with Gasteiger partial charge in [0.2, 0.25) is 0 Å². The van der Waals surface area contributed by atoms with Gasteiger partial charge in [-0.05, 0) is 73.4 Å². The topological polar surface area (TPSA) is 0 Å². The van der Waals surface area contributed by atoms with Crippen molar-refractivity contribution in [3.05, 3.63) is 105 Å². The van der Waals surface area contributed by atoms with Crippen LogP contribution >= 0.6 is 0 Å². The summed E-state index contributed by atoms with van der Waals surface area (Å²) in [5.41, 5.74) is 4.46. The van der Waals surface area contributed by atoms with Crippen LogP contribution in [0, 0.1) is 31.3 Å². The molecule has 0 fully saturated rings. The third-order valence-electron chi connectivity index (χ3n) is 4.96. The van der Waals surface area contributed by atoms with Gasteiger partial charge in [-0.15, -0.1) is 0 Å². The number of hydrogen-bond donors (Lipinski definition) is 0. The van der Waals surface area contributed by atoms with Crippen molar-refractivity contribution in [2.75, 3.05) is 0 Å². The molecule has 0 saturated carbocycles. The number of benzene rings is 3. The van der Waals surface area contributed by atoms with Crippen molar-refractivity contribution in [1.29, 1.82) is 0 Å². The fraction of sp³-hybridized carbons (Fsp3) is 0.250. The molecule has 0 radical (unpaired) electrons. The zero-order valence-electron chi connectivity index (χ0n) is 15.7. The first-order valence-corrected chi connectivity index (χ1v) is 9.20. The molecule has 0 aliphatic carbocycles. The van der Waals surface area contributed by atoms with Crippen molar-refractivity contribution in [2.45, 2.75) is 39.5 Å². The predicted octanol–water partition coefficient (Wildman–Crippen LogP) is 6.29. The fourth-order valence-corrected chi connectivity index (χ4v) is 3.14. The van der Waals surface area contributed by atoms with Crippen molar-refractivity contribution in [1.82, 2.24) is 0 Å². The Hall–Kier alpha value is -2.55. The maximum atomic E-state index is 14.4. The maximum absolute atomic E-state index is 14.4. The second kappa shape index (κ2) is 8.43. The molecule has 0 saturated heterocycles. The van der Waals surface area contributed by atoms with Gasteiger partial charge in [-0.2, -0.15) is 0 Å². The Bertz CT molecular complexity index is 927. The fourth-order valence-electron chi connectivity index (χ4n) is 3.14. The highest BCUT2D eigenvalue weighted by Crippen LogP contribution is 2.19. The standard InChI is InChI=1S/C24H23F3/c1-16-3-6-18(7-4-16)8-9-19-10-12-20(22(25)15-19)13-14-21-11-5-17(2)23(26)24(21)27/h3-7,10-12,15H,8-9,13-14H2,1-2H3. The predicted molar refractivity (Wildman–Crippen MR) is 103 cm³/mol. The van der Waals surface area contributed by atoms with Crippen molar-refractivity contribution < 1.29 is 13.2 Å². The van der Waals surface area contributed by atoms with E-state index in [0.29, 0.717) is 12.0 Å². The summed E-state index contributed by atoms with van der Waals surface area (Å²) in [6.45, 7) is 3.58. The Morgan fingerprint density at radius 3 is 1.89 bits per heavy atom. The lowest BCUT2D eigenvalue weighted by molar-refractivity contribution is 0.492. The van der Waals surface area contributed by atoms with Crippen LogP contribution in [0.2, 0.25) is 0 Å². The number of halogens is 3. The molecule has 140 valence electrons. The van der Waals surface area contributed by atoms with Crippen LogP contribution in [0.25, 0.3) is 0 Å². The van der Waals surface area contributed by atoms with Crippen molar-refractivity contribution in [3.63, 3.8) is 0 Å². The molecule has 0 unspecified atom stereocenters. The van der Waals surface area contributed by atoms with Crippen LogP contribution in [-0.4, -0.2) is 0 Å². The zero-order chi connectivity index (χ0) is 19.4. The molecule has 3 aromatic carbocycles. The molecule has 0 bridgehead atoms. The van der Waals surface area contributed by atoms with E-state index >= 15 is 0 Å². The summed E-state index contributed by atoms with van der Waals surface area (Å²) in [6.07, 6.45) is 2.22. The monoisotopic (exact) mass is 368 g/mol. The average molecular weight is 368 g/mol. The molecule has 27 heavy (non-hydrogen) atoms. The van der Waals surface area contributed by atoms with Gasteiger partial charge in [0.05, 0.1) is 0 Å². The molecule has 0 heterocycles. The summed E-state index contributed by atoms with van der Waals surface area (Å²) in [6, 6.07) is 16.7. The van der Waals surface area contributed by atoms with Crippen molar-refractivity contribution >= 4 is 0 Å². The summed E-state index contributed by atoms with van der Waals surface area (Å²) in [7, 11) is 0. The van der Waals surface area contributed by atoms with E-state index in [1.807, 2.05) is 6.07 Å². The normalized spacial score (nSPS) is 11.0. The Morgan fingerprint density at radius 1 is 0.593 bits per heavy atom. The maximum Gasteiger partial charge on any atom is 0.162 e. The summed E-state index contributed by atoms with van der Waals surface area (Å²) >= 11 is 0. The lowest BCUT2D eigenvalue weighted by Gasteiger charge is -2.09. The molecule has 0 N–H and O–H groups in total. The van der Waals surface area contributed by atoms with E-state index in [1.165, 1.54) is 18.1 Å². The molecule has 0 amide bonds. The largest absolute Gasteiger partial charge is 0.207 e. The first-order valence-electron chi connectivity index (χ1n) is 9.20. The van der Waals surface area contributed by atoms with E-state index < -0.39 is 11.6 Å². The molecule has 3 heteroatoms. The van der Waals surface area contributed by atoms with E-state index in [-0.39, 0.29) is 23.4 Å². The third-order valence-corrected chi connectivity index (χ3v) is 4.96. The molecule has 3 aromatic rings. The Kier molecular flexibility index (Phi) is 6.00. The van der Waals surface area contributed by atoms with Crippen LogP contribution in [-0.2, 0) is 25.7 Å². The van der Waals surface area contributed by atoms with Crippen LogP contribution < -0.4 is 0 Å². The highest BCUT2D eigenvalue weighted by atomic mass is 19.2. The van der Waals surface area contributed by atoms with Gasteiger partial charge in [0, 0.05) is 0 Å². The molecule has 0 aliphatic rings. The van der Waals surface area contributed by atoms with Crippen LogP contribution in [0.1, 0.15) is 33.4 Å². The van der Waals surface area contributed by atoms with Gasteiger partial charge in [0.25, 0.3) is 0 Å². The van der Waals surface area contributed by atoms with E-state index in [9.17, 15) is 13.2 Å². The molecule has 0 spiro atoms. The molecule has 0 aromatic heterocycles. The van der Waals surface area contributed by atoms with Gasteiger partial charge in [-0.25, -0.2) is 13.2 Å². The van der Waals surface area contributed by atoms with E-state index in [1.54, 1.807) is 24.3 Å². The number of aryl methyl sites for hydroxylation is 6. The van der Waals surface area contributed by atoms with Crippen LogP contribution in [0.3, 0.4) is 0 Å². The Balaban J connectivity index is 1.63. The van der Waals surface area contributed by atoms with Gasteiger partial charge in [-0.3, -0.25) is 0 Å². The van der Waals surface area contributed by atoms with Crippen molar-refractivity contribution in [2.24, 2.45) is 0 Å². The Morgan fingerprint density at radius 2 is 1.19 bits per heavy atom. The summed E-state index contributed by atoms with van der Waals surface area (Å²) in [5.74, 6) is -1.94. The van der Waals surface area contributed by atoms with Gasteiger partial charge < -0.3 is 0 Å². The Labute approximate surface area is 158 Å². The molecule has 0 nitrogen and oxygen atoms in total. The van der Waals surface area contributed by atoms with Crippen LogP contribution in [0.5, 0.6) is 0 Å². The summed E-state index contributed by atoms with van der Waals surface area (Å²) in [5, 5.41) is 0. The van der Waals surface area contributed by atoms with E-state index in [0.717, 1.165) is 18.4 Å². The van der Waals surface area contributed by atoms with Gasteiger partial charge in [0.15, 0.2) is 11.6 Å². The number of rotatable bonds is 6. The summed E-state index contributed by atoms with van der Waals surface area (Å²) < 4.78 is 42.0.